The molecule has 0 unspecified atom stereocenters. The van der Waals surface area contributed by atoms with E-state index in [1.165, 1.54) is 5.01 Å². The quantitative estimate of drug-likeness (QED) is 0.715. The zero-order chi connectivity index (χ0) is 19.7. The van der Waals surface area contributed by atoms with Crippen LogP contribution in [-0.4, -0.2) is 76.8 Å². The van der Waals surface area contributed by atoms with Crippen LogP contribution in [0.3, 0.4) is 0 Å². The molecule has 8 heteroatoms. The second-order valence-corrected chi connectivity index (χ2v) is 8.01. The van der Waals surface area contributed by atoms with Crippen LogP contribution < -0.4 is 0 Å². The lowest BCUT2D eigenvalue weighted by atomic mass is 10.0. The third kappa shape index (κ3) is 3.79. The number of hydrogen-bond acceptors (Lipinski definition) is 5. The summed E-state index contributed by atoms with van der Waals surface area (Å²) in [5.41, 5.74) is 1.55. The molecular weight excluding hydrogens is 380 g/mol. The van der Waals surface area contributed by atoms with Gasteiger partial charge in [0.2, 0.25) is 11.8 Å². The lowest BCUT2D eigenvalue weighted by Crippen LogP contribution is -2.55. The molecule has 3 heterocycles. The number of rotatable bonds is 4. The van der Waals surface area contributed by atoms with Gasteiger partial charge in [0.15, 0.2) is 0 Å². The molecule has 3 amide bonds. The summed E-state index contributed by atoms with van der Waals surface area (Å²) in [7, 11) is 0. The number of imide groups is 1. The Labute approximate surface area is 169 Å². The van der Waals surface area contributed by atoms with Gasteiger partial charge in [-0.2, -0.15) is 0 Å². The lowest BCUT2D eigenvalue weighted by Gasteiger charge is -2.38. The molecule has 150 valence electrons. The van der Waals surface area contributed by atoms with Gasteiger partial charge in [-0.15, -0.1) is 0 Å². The van der Waals surface area contributed by atoms with Crippen molar-refractivity contribution < 1.29 is 14.4 Å². The zero-order valence-corrected chi connectivity index (χ0v) is 16.7. The van der Waals surface area contributed by atoms with E-state index in [0.29, 0.717) is 43.1 Å². The van der Waals surface area contributed by atoms with E-state index in [4.69, 9.17) is 11.6 Å². The predicted molar refractivity (Wildman–Crippen MR) is 105 cm³/mol. The standard InChI is InChI=1S/C20H25ClN4O3/c21-16-5-3-4-15(19(16)20(28)23-8-1-2-9-23)14-22-10-12-24(13-11-22)25-17(26)6-7-18(25)27/h3-5H,1-2,6-14H2. The first-order chi connectivity index (χ1) is 13.5. The Morgan fingerprint density at radius 1 is 0.929 bits per heavy atom. The molecular formula is C20H25ClN4O3. The fourth-order valence-corrected chi connectivity index (χ4v) is 4.51. The Hall–Kier alpha value is -1.96. The molecule has 0 saturated carbocycles. The van der Waals surface area contributed by atoms with Crippen molar-refractivity contribution in [2.45, 2.75) is 32.2 Å². The van der Waals surface area contributed by atoms with E-state index in [1.807, 2.05) is 22.0 Å². The minimum atomic E-state index is -0.105. The Morgan fingerprint density at radius 2 is 1.57 bits per heavy atom. The van der Waals surface area contributed by atoms with E-state index in [9.17, 15) is 14.4 Å². The summed E-state index contributed by atoms with van der Waals surface area (Å²) in [5, 5.41) is 3.67. The van der Waals surface area contributed by atoms with Gasteiger partial charge in [0.25, 0.3) is 5.91 Å². The molecule has 1 aromatic carbocycles. The van der Waals surface area contributed by atoms with Crippen molar-refractivity contribution in [2.75, 3.05) is 39.3 Å². The summed E-state index contributed by atoms with van der Waals surface area (Å²) in [6.07, 6.45) is 2.70. The average Bonchev–Trinajstić information content (AvgIpc) is 3.33. The number of nitrogens with zero attached hydrogens (tertiary/aromatic N) is 4. The molecule has 0 spiro atoms. The van der Waals surface area contributed by atoms with E-state index in [-0.39, 0.29) is 17.7 Å². The summed E-state index contributed by atoms with van der Waals surface area (Å²) >= 11 is 6.41. The number of halogens is 1. The van der Waals surface area contributed by atoms with E-state index >= 15 is 0 Å². The second-order valence-electron chi connectivity index (χ2n) is 7.60. The van der Waals surface area contributed by atoms with Crippen molar-refractivity contribution in [1.82, 2.24) is 19.8 Å². The molecule has 3 aliphatic rings. The molecule has 0 N–H and O–H groups in total. The molecule has 7 nitrogen and oxygen atoms in total. The van der Waals surface area contributed by atoms with Gasteiger partial charge in [-0.1, -0.05) is 23.7 Å². The number of piperazine rings is 1. The maximum Gasteiger partial charge on any atom is 0.255 e. The van der Waals surface area contributed by atoms with Gasteiger partial charge in [0, 0.05) is 58.7 Å². The number of likely N-dealkylation sites (tertiary alicyclic amines) is 1. The molecule has 4 rings (SSSR count). The summed E-state index contributed by atoms with van der Waals surface area (Å²) in [6.45, 7) is 4.90. The molecule has 3 fully saturated rings. The van der Waals surface area contributed by atoms with E-state index in [1.54, 1.807) is 6.07 Å². The van der Waals surface area contributed by atoms with Crippen LogP contribution in [0.15, 0.2) is 18.2 Å². The minimum absolute atomic E-state index is 0.0185. The van der Waals surface area contributed by atoms with Gasteiger partial charge >= 0.3 is 0 Å². The Balaban J connectivity index is 1.43. The maximum atomic E-state index is 13.0. The normalized spacial score (nSPS) is 21.8. The molecule has 0 aromatic heterocycles. The molecule has 3 aliphatic heterocycles. The lowest BCUT2D eigenvalue weighted by molar-refractivity contribution is -0.160. The smallest absolute Gasteiger partial charge is 0.255 e. The van der Waals surface area contributed by atoms with Crippen molar-refractivity contribution in [3.05, 3.63) is 34.3 Å². The first kappa shape index (κ1) is 19.4. The first-order valence-corrected chi connectivity index (χ1v) is 10.3. The Kier molecular flexibility index (Phi) is 5.66. The first-order valence-electron chi connectivity index (χ1n) is 9.94. The molecule has 0 aliphatic carbocycles. The maximum absolute atomic E-state index is 13.0. The number of hydrogen-bond donors (Lipinski definition) is 0. The summed E-state index contributed by atoms with van der Waals surface area (Å²) in [4.78, 5) is 41.0. The third-order valence-corrected chi connectivity index (χ3v) is 6.07. The highest BCUT2D eigenvalue weighted by Gasteiger charge is 2.35. The van der Waals surface area contributed by atoms with Crippen molar-refractivity contribution in [2.24, 2.45) is 0 Å². The van der Waals surface area contributed by atoms with Crippen molar-refractivity contribution >= 4 is 29.3 Å². The molecule has 0 radical (unpaired) electrons. The number of benzene rings is 1. The van der Waals surface area contributed by atoms with E-state index in [2.05, 4.69) is 4.90 Å². The van der Waals surface area contributed by atoms with Crippen LogP contribution in [0.5, 0.6) is 0 Å². The third-order valence-electron chi connectivity index (χ3n) is 5.76. The zero-order valence-electron chi connectivity index (χ0n) is 15.9. The Bertz CT molecular complexity index is 770. The number of hydrazine groups is 1. The average molecular weight is 405 g/mol. The molecule has 0 bridgehead atoms. The van der Waals surface area contributed by atoms with E-state index < -0.39 is 0 Å². The highest BCUT2D eigenvalue weighted by molar-refractivity contribution is 6.34. The van der Waals surface area contributed by atoms with E-state index in [0.717, 1.165) is 44.6 Å². The van der Waals surface area contributed by atoms with Gasteiger partial charge < -0.3 is 4.90 Å². The minimum Gasteiger partial charge on any atom is -0.339 e. The highest BCUT2D eigenvalue weighted by Crippen LogP contribution is 2.26. The Morgan fingerprint density at radius 3 is 2.21 bits per heavy atom. The van der Waals surface area contributed by atoms with Gasteiger partial charge in [-0.05, 0) is 24.5 Å². The van der Waals surface area contributed by atoms with Crippen LogP contribution in [-0.2, 0) is 16.1 Å². The second kappa shape index (κ2) is 8.19. The summed E-state index contributed by atoms with van der Waals surface area (Å²) in [6, 6.07) is 5.63. The van der Waals surface area contributed by atoms with Crippen molar-refractivity contribution in [3.8, 4) is 0 Å². The van der Waals surface area contributed by atoms with Gasteiger partial charge in [0.1, 0.15) is 0 Å². The largest absolute Gasteiger partial charge is 0.339 e. The van der Waals surface area contributed by atoms with Crippen LogP contribution in [0.2, 0.25) is 5.02 Å². The predicted octanol–water partition coefficient (Wildman–Crippen LogP) is 1.76. The van der Waals surface area contributed by atoms with Crippen LogP contribution in [0, 0.1) is 0 Å². The number of carbonyl (C=O) groups excluding carboxylic acids is 3. The monoisotopic (exact) mass is 404 g/mol. The molecule has 1 aromatic rings. The SMILES string of the molecule is O=C(c1c(Cl)cccc1CN1CCN(N2C(=O)CCC2=O)CC1)N1CCCC1. The van der Waals surface area contributed by atoms with Crippen LogP contribution >= 0.6 is 11.6 Å². The molecule has 0 atom stereocenters. The fraction of sp³-hybridized carbons (Fsp3) is 0.550. The summed E-state index contributed by atoms with van der Waals surface area (Å²) in [5.74, 6) is -0.191. The number of carbonyl (C=O) groups is 3. The number of amides is 3. The topological polar surface area (TPSA) is 64.2 Å². The highest BCUT2D eigenvalue weighted by atomic mass is 35.5. The van der Waals surface area contributed by atoms with Gasteiger partial charge in [-0.25, -0.2) is 10.0 Å². The van der Waals surface area contributed by atoms with Crippen LogP contribution in [0.4, 0.5) is 0 Å². The van der Waals surface area contributed by atoms with Crippen molar-refractivity contribution in [1.29, 1.82) is 0 Å². The van der Waals surface area contributed by atoms with Gasteiger partial charge in [0.05, 0.1) is 10.6 Å². The van der Waals surface area contributed by atoms with Crippen LogP contribution in [0.1, 0.15) is 41.6 Å². The fourth-order valence-electron chi connectivity index (χ4n) is 4.23. The molecule has 3 saturated heterocycles. The molecule has 28 heavy (non-hydrogen) atoms. The van der Waals surface area contributed by atoms with Crippen LogP contribution in [0.25, 0.3) is 0 Å². The summed E-state index contributed by atoms with van der Waals surface area (Å²) < 4.78 is 0. The van der Waals surface area contributed by atoms with Gasteiger partial charge in [-0.3, -0.25) is 19.3 Å². The van der Waals surface area contributed by atoms with Crippen molar-refractivity contribution in [3.63, 3.8) is 0 Å².